The van der Waals surface area contributed by atoms with E-state index in [9.17, 15) is 4.79 Å². The van der Waals surface area contributed by atoms with E-state index in [2.05, 4.69) is 15.9 Å². The number of carbonyl (C=O) groups excluding carboxylic acids is 1. The highest BCUT2D eigenvalue weighted by Gasteiger charge is 2.25. The maximum absolute atomic E-state index is 12.1. The summed E-state index contributed by atoms with van der Waals surface area (Å²) in [6.45, 7) is 3.25. The highest BCUT2D eigenvalue weighted by atomic mass is 79.9. The molecule has 1 unspecified atom stereocenters. The third kappa shape index (κ3) is 2.13. The molecule has 2 rings (SSSR count). The van der Waals surface area contributed by atoms with Gasteiger partial charge in [0.1, 0.15) is 0 Å². The molecule has 0 aliphatic carbocycles. The number of ketones is 1. The van der Waals surface area contributed by atoms with Gasteiger partial charge in [-0.25, -0.2) is 0 Å². The average Bonchev–Trinajstić information content (AvgIpc) is 2.74. The van der Waals surface area contributed by atoms with Crippen LogP contribution in [0.25, 0.3) is 0 Å². The predicted molar refractivity (Wildman–Crippen MR) is 62.1 cm³/mol. The van der Waals surface area contributed by atoms with Crippen LogP contribution in [0.15, 0.2) is 22.7 Å². The highest BCUT2D eigenvalue weighted by molar-refractivity contribution is 9.10. The van der Waals surface area contributed by atoms with E-state index in [0.717, 1.165) is 22.0 Å². The number of ether oxygens (including phenoxy) is 1. The van der Waals surface area contributed by atoms with Gasteiger partial charge in [0.15, 0.2) is 5.78 Å². The number of benzene rings is 1. The van der Waals surface area contributed by atoms with E-state index in [1.807, 2.05) is 25.1 Å². The van der Waals surface area contributed by atoms with Crippen LogP contribution in [0.5, 0.6) is 0 Å². The minimum Gasteiger partial charge on any atom is -0.381 e. The molecule has 1 aromatic carbocycles. The lowest BCUT2D eigenvalue weighted by Gasteiger charge is -2.10. The molecular formula is C12H13BrO2. The second-order valence-electron chi connectivity index (χ2n) is 3.84. The Labute approximate surface area is 97.8 Å². The largest absolute Gasteiger partial charge is 0.381 e. The normalized spacial score (nSPS) is 20.5. The van der Waals surface area contributed by atoms with Crippen LogP contribution < -0.4 is 0 Å². The maximum Gasteiger partial charge on any atom is 0.168 e. The second-order valence-corrected chi connectivity index (χ2v) is 4.69. The van der Waals surface area contributed by atoms with Crippen molar-refractivity contribution in [1.29, 1.82) is 0 Å². The van der Waals surface area contributed by atoms with E-state index in [4.69, 9.17) is 4.74 Å². The van der Waals surface area contributed by atoms with E-state index < -0.39 is 0 Å². The van der Waals surface area contributed by atoms with E-state index in [0.29, 0.717) is 13.2 Å². The molecular weight excluding hydrogens is 256 g/mol. The van der Waals surface area contributed by atoms with Crippen molar-refractivity contribution >= 4 is 21.7 Å². The smallest absolute Gasteiger partial charge is 0.168 e. The first-order chi connectivity index (χ1) is 7.20. The van der Waals surface area contributed by atoms with Gasteiger partial charge in [-0.1, -0.05) is 28.1 Å². The van der Waals surface area contributed by atoms with Crippen molar-refractivity contribution in [2.24, 2.45) is 5.92 Å². The van der Waals surface area contributed by atoms with E-state index in [1.54, 1.807) is 0 Å². The summed E-state index contributed by atoms with van der Waals surface area (Å²) in [5, 5.41) is 0. The second kappa shape index (κ2) is 4.45. The molecule has 0 N–H and O–H groups in total. The van der Waals surface area contributed by atoms with Crippen molar-refractivity contribution in [3.05, 3.63) is 33.8 Å². The Morgan fingerprint density at radius 2 is 2.33 bits per heavy atom. The number of hydrogen-bond donors (Lipinski definition) is 0. The minimum absolute atomic E-state index is 0.0537. The van der Waals surface area contributed by atoms with Gasteiger partial charge >= 0.3 is 0 Å². The van der Waals surface area contributed by atoms with E-state index in [1.165, 1.54) is 0 Å². The topological polar surface area (TPSA) is 26.3 Å². The number of halogens is 1. The third-order valence-electron chi connectivity index (χ3n) is 2.83. The molecule has 1 aliphatic rings. The molecule has 1 aliphatic heterocycles. The molecule has 0 aromatic heterocycles. The average molecular weight is 269 g/mol. The Kier molecular flexibility index (Phi) is 3.22. The van der Waals surface area contributed by atoms with Crippen LogP contribution in [0.4, 0.5) is 0 Å². The molecule has 1 heterocycles. The zero-order valence-corrected chi connectivity index (χ0v) is 10.2. The molecule has 0 bridgehead atoms. The van der Waals surface area contributed by atoms with Crippen LogP contribution in [0.1, 0.15) is 22.3 Å². The van der Waals surface area contributed by atoms with Crippen molar-refractivity contribution in [3.8, 4) is 0 Å². The summed E-state index contributed by atoms with van der Waals surface area (Å²) >= 11 is 3.44. The Bertz CT molecular complexity index is 381. The Morgan fingerprint density at radius 3 is 3.00 bits per heavy atom. The van der Waals surface area contributed by atoms with Gasteiger partial charge in [0.25, 0.3) is 0 Å². The molecule has 3 heteroatoms. The third-order valence-corrected chi connectivity index (χ3v) is 3.69. The van der Waals surface area contributed by atoms with E-state index >= 15 is 0 Å². The fraction of sp³-hybridized carbons (Fsp3) is 0.417. The SMILES string of the molecule is Cc1c(Br)cccc1C(=O)C1CCOC1. The van der Waals surface area contributed by atoms with E-state index in [-0.39, 0.29) is 11.7 Å². The summed E-state index contributed by atoms with van der Waals surface area (Å²) in [7, 11) is 0. The first-order valence-electron chi connectivity index (χ1n) is 5.07. The van der Waals surface area contributed by atoms with Gasteiger partial charge in [0.2, 0.25) is 0 Å². The minimum atomic E-state index is 0.0537. The summed E-state index contributed by atoms with van der Waals surface area (Å²) < 4.78 is 6.23. The quantitative estimate of drug-likeness (QED) is 0.771. The first kappa shape index (κ1) is 10.8. The number of hydrogen-bond acceptors (Lipinski definition) is 2. The van der Waals surface area contributed by atoms with Crippen LogP contribution in [0.3, 0.4) is 0 Å². The van der Waals surface area contributed by atoms with Crippen molar-refractivity contribution in [3.63, 3.8) is 0 Å². The monoisotopic (exact) mass is 268 g/mol. The molecule has 0 radical (unpaired) electrons. The lowest BCUT2D eigenvalue weighted by atomic mass is 9.94. The van der Waals surface area contributed by atoms with Crippen molar-refractivity contribution in [2.45, 2.75) is 13.3 Å². The number of carbonyl (C=O) groups is 1. The van der Waals surface area contributed by atoms with Gasteiger partial charge in [-0.2, -0.15) is 0 Å². The fourth-order valence-corrected chi connectivity index (χ4v) is 2.20. The summed E-state index contributed by atoms with van der Waals surface area (Å²) in [6.07, 6.45) is 0.852. The van der Waals surface area contributed by atoms with Crippen LogP contribution in [0.2, 0.25) is 0 Å². The molecule has 1 fully saturated rings. The Balaban J connectivity index is 2.28. The van der Waals surface area contributed by atoms with Gasteiger partial charge in [-0.05, 0) is 25.0 Å². The molecule has 0 amide bonds. The zero-order valence-electron chi connectivity index (χ0n) is 8.63. The molecule has 1 atom stereocenters. The molecule has 80 valence electrons. The number of rotatable bonds is 2. The molecule has 1 saturated heterocycles. The molecule has 15 heavy (non-hydrogen) atoms. The van der Waals surface area contributed by atoms with Crippen LogP contribution in [-0.2, 0) is 4.74 Å². The summed E-state index contributed by atoms with van der Waals surface area (Å²) in [6, 6.07) is 5.75. The van der Waals surface area contributed by atoms with Crippen molar-refractivity contribution in [2.75, 3.05) is 13.2 Å². The zero-order chi connectivity index (χ0) is 10.8. The van der Waals surface area contributed by atoms with Crippen LogP contribution in [-0.4, -0.2) is 19.0 Å². The predicted octanol–water partition coefficient (Wildman–Crippen LogP) is 2.98. The standard InChI is InChI=1S/C12H13BrO2/c1-8-10(3-2-4-11(8)13)12(14)9-5-6-15-7-9/h2-4,9H,5-7H2,1H3. The maximum atomic E-state index is 12.1. The van der Waals surface area contributed by atoms with Gasteiger partial charge < -0.3 is 4.74 Å². The lowest BCUT2D eigenvalue weighted by molar-refractivity contribution is 0.0899. The summed E-state index contributed by atoms with van der Waals surface area (Å²) in [5.74, 6) is 0.268. The molecule has 0 spiro atoms. The summed E-state index contributed by atoms with van der Waals surface area (Å²) in [5.41, 5.74) is 1.84. The molecule has 0 saturated carbocycles. The Morgan fingerprint density at radius 1 is 1.53 bits per heavy atom. The van der Waals surface area contributed by atoms with Crippen LogP contribution >= 0.6 is 15.9 Å². The first-order valence-corrected chi connectivity index (χ1v) is 5.86. The fourth-order valence-electron chi connectivity index (χ4n) is 1.84. The summed E-state index contributed by atoms with van der Waals surface area (Å²) in [4.78, 5) is 12.1. The Hall–Kier alpha value is -0.670. The molecule has 2 nitrogen and oxygen atoms in total. The van der Waals surface area contributed by atoms with Gasteiger partial charge in [0.05, 0.1) is 6.61 Å². The van der Waals surface area contributed by atoms with Crippen molar-refractivity contribution < 1.29 is 9.53 Å². The van der Waals surface area contributed by atoms with Gasteiger partial charge in [-0.15, -0.1) is 0 Å². The van der Waals surface area contributed by atoms with Gasteiger partial charge in [-0.3, -0.25) is 4.79 Å². The molecule has 1 aromatic rings. The van der Waals surface area contributed by atoms with Crippen molar-refractivity contribution in [1.82, 2.24) is 0 Å². The number of Topliss-reactive ketones (excluding diaryl/α,β-unsaturated/α-hetero) is 1. The van der Waals surface area contributed by atoms with Gasteiger partial charge in [0, 0.05) is 22.6 Å². The lowest BCUT2D eigenvalue weighted by Crippen LogP contribution is -2.15. The highest BCUT2D eigenvalue weighted by Crippen LogP contribution is 2.24. The van der Waals surface area contributed by atoms with Crippen LogP contribution in [0, 0.1) is 12.8 Å².